The Labute approximate surface area is 160 Å². The molecule has 0 saturated heterocycles. The number of aromatic hydroxyl groups is 2. The molecule has 0 saturated carbocycles. The number of aryl methyl sites for hydroxylation is 1. The van der Waals surface area contributed by atoms with Crippen molar-refractivity contribution in [2.75, 3.05) is 11.9 Å². The van der Waals surface area contributed by atoms with Crippen molar-refractivity contribution in [2.45, 2.75) is 6.92 Å². The van der Waals surface area contributed by atoms with Gasteiger partial charge in [-0.15, -0.1) is 0 Å². The summed E-state index contributed by atoms with van der Waals surface area (Å²) in [5.74, 6) is -2.01. The number of carbonyl (C=O) groups excluding carboxylic acids is 2. The van der Waals surface area contributed by atoms with Crippen molar-refractivity contribution in [3.63, 3.8) is 0 Å². The number of fused-ring (bicyclic) bond motifs is 1. The van der Waals surface area contributed by atoms with Crippen LogP contribution in [0.2, 0.25) is 5.02 Å². The van der Waals surface area contributed by atoms with Crippen molar-refractivity contribution in [2.24, 2.45) is 0 Å². The van der Waals surface area contributed by atoms with E-state index in [4.69, 9.17) is 16.3 Å². The molecule has 6 nitrogen and oxygen atoms in total. The summed E-state index contributed by atoms with van der Waals surface area (Å²) >= 11 is 6.04. The molecule has 3 aromatic rings. The third-order valence-corrected chi connectivity index (χ3v) is 4.26. The number of benzene rings is 3. The monoisotopic (exact) mass is 385 g/mol. The van der Waals surface area contributed by atoms with Crippen LogP contribution in [0.25, 0.3) is 10.8 Å². The smallest absolute Gasteiger partial charge is 0.342 e. The van der Waals surface area contributed by atoms with E-state index in [1.54, 1.807) is 42.5 Å². The number of ether oxygens (including phenoxy) is 1. The van der Waals surface area contributed by atoms with Crippen LogP contribution in [-0.2, 0) is 9.53 Å². The van der Waals surface area contributed by atoms with Crippen LogP contribution >= 0.6 is 11.6 Å². The molecule has 3 aromatic carbocycles. The van der Waals surface area contributed by atoms with Crippen LogP contribution in [0.15, 0.2) is 48.5 Å². The third-order valence-electron chi connectivity index (χ3n) is 3.95. The van der Waals surface area contributed by atoms with Crippen molar-refractivity contribution >= 4 is 39.9 Å². The van der Waals surface area contributed by atoms with Gasteiger partial charge in [-0.25, -0.2) is 4.79 Å². The lowest BCUT2D eigenvalue weighted by atomic mass is 10.0. The van der Waals surface area contributed by atoms with Crippen LogP contribution < -0.4 is 5.32 Å². The summed E-state index contributed by atoms with van der Waals surface area (Å²) in [5.41, 5.74) is 1.11. The van der Waals surface area contributed by atoms with E-state index in [-0.39, 0.29) is 17.1 Å². The fraction of sp³-hybridized carbons (Fsp3) is 0.100. The number of hydrogen-bond acceptors (Lipinski definition) is 5. The fourth-order valence-corrected chi connectivity index (χ4v) is 2.90. The van der Waals surface area contributed by atoms with Gasteiger partial charge in [-0.3, -0.25) is 4.79 Å². The van der Waals surface area contributed by atoms with Gasteiger partial charge >= 0.3 is 5.97 Å². The summed E-state index contributed by atoms with van der Waals surface area (Å²) in [6.07, 6.45) is 0. The molecule has 0 fully saturated rings. The Hall–Kier alpha value is -3.25. The largest absolute Gasteiger partial charge is 0.507 e. The molecule has 0 aliphatic rings. The van der Waals surface area contributed by atoms with Crippen LogP contribution in [0.3, 0.4) is 0 Å². The second-order valence-corrected chi connectivity index (χ2v) is 6.35. The lowest BCUT2D eigenvalue weighted by Crippen LogP contribution is -2.21. The maximum Gasteiger partial charge on any atom is 0.342 e. The van der Waals surface area contributed by atoms with E-state index < -0.39 is 18.5 Å². The Balaban J connectivity index is 1.71. The van der Waals surface area contributed by atoms with Gasteiger partial charge in [-0.05, 0) is 30.7 Å². The zero-order chi connectivity index (χ0) is 19.6. The molecule has 7 heteroatoms. The van der Waals surface area contributed by atoms with Gasteiger partial charge in [0, 0.05) is 10.8 Å². The highest BCUT2D eigenvalue weighted by atomic mass is 35.5. The van der Waals surface area contributed by atoms with Gasteiger partial charge in [-0.2, -0.15) is 0 Å². The Kier molecular flexibility index (Phi) is 5.19. The van der Waals surface area contributed by atoms with Crippen molar-refractivity contribution in [1.29, 1.82) is 0 Å². The quantitative estimate of drug-likeness (QED) is 0.466. The molecular formula is C20H16ClNO5. The van der Waals surface area contributed by atoms with Crippen molar-refractivity contribution in [3.8, 4) is 11.5 Å². The number of phenols is 2. The summed E-state index contributed by atoms with van der Waals surface area (Å²) < 4.78 is 4.95. The SMILES string of the molecule is Cc1ccc(NC(=O)COC(=O)c2cc(O)c3ccccc3c2O)c(Cl)c1. The average molecular weight is 386 g/mol. The molecule has 0 atom stereocenters. The molecule has 138 valence electrons. The maximum atomic E-state index is 12.2. The standard InChI is InChI=1S/C20H16ClNO5/c1-11-6-7-16(15(21)8-11)22-18(24)10-27-20(26)14-9-17(23)12-4-2-3-5-13(12)19(14)25/h2-9,23,25H,10H2,1H3,(H,22,24). The Bertz CT molecular complexity index is 1050. The van der Waals surface area contributed by atoms with Gasteiger partial charge in [0.05, 0.1) is 10.7 Å². The molecule has 0 heterocycles. The van der Waals surface area contributed by atoms with Crippen LogP contribution in [-0.4, -0.2) is 28.7 Å². The van der Waals surface area contributed by atoms with Crippen LogP contribution in [0, 0.1) is 6.92 Å². The molecule has 1 amide bonds. The highest BCUT2D eigenvalue weighted by Gasteiger charge is 2.19. The summed E-state index contributed by atoms with van der Waals surface area (Å²) in [7, 11) is 0. The lowest BCUT2D eigenvalue weighted by Gasteiger charge is -2.11. The summed E-state index contributed by atoms with van der Waals surface area (Å²) in [6.45, 7) is 1.29. The topological polar surface area (TPSA) is 95.9 Å². The minimum Gasteiger partial charge on any atom is -0.507 e. The summed E-state index contributed by atoms with van der Waals surface area (Å²) in [5, 5.41) is 23.9. The van der Waals surface area contributed by atoms with Gasteiger partial charge < -0.3 is 20.3 Å². The zero-order valence-electron chi connectivity index (χ0n) is 14.3. The third kappa shape index (κ3) is 3.96. The molecule has 0 aromatic heterocycles. The number of phenolic OH excluding ortho intramolecular Hbond substituents is 2. The van der Waals surface area contributed by atoms with Gasteiger partial charge in [0.2, 0.25) is 0 Å². The number of nitrogens with one attached hydrogen (secondary N) is 1. The lowest BCUT2D eigenvalue weighted by molar-refractivity contribution is -0.119. The first kappa shape index (κ1) is 18.5. The normalized spacial score (nSPS) is 10.6. The molecule has 0 aliphatic heterocycles. The number of rotatable bonds is 4. The predicted molar refractivity (Wildman–Crippen MR) is 102 cm³/mol. The second-order valence-electron chi connectivity index (χ2n) is 5.95. The number of amides is 1. The summed E-state index contributed by atoms with van der Waals surface area (Å²) in [6, 6.07) is 12.8. The number of esters is 1. The Morgan fingerprint density at radius 3 is 2.48 bits per heavy atom. The number of carbonyl (C=O) groups is 2. The fourth-order valence-electron chi connectivity index (χ4n) is 2.61. The molecule has 0 unspecified atom stereocenters. The molecule has 3 rings (SSSR count). The van der Waals surface area contributed by atoms with E-state index in [1.807, 2.05) is 6.92 Å². The molecule has 0 radical (unpaired) electrons. The molecule has 0 spiro atoms. The Morgan fingerprint density at radius 2 is 1.78 bits per heavy atom. The van der Waals surface area contributed by atoms with E-state index >= 15 is 0 Å². The Morgan fingerprint density at radius 1 is 1.07 bits per heavy atom. The minimum atomic E-state index is -0.932. The van der Waals surface area contributed by atoms with Crippen LogP contribution in [0.1, 0.15) is 15.9 Å². The van der Waals surface area contributed by atoms with Crippen molar-refractivity contribution in [1.82, 2.24) is 0 Å². The maximum absolute atomic E-state index is 12.2. The molecule has 0 aliphatic carbocycles. The molecule has 27 heavy (non-hydrogen) atoms. The average Bonchev–Trinajstić information content (AvgIpc) is 2.65. The molecule has 0 bridgehead atoms. The van der Waals surface area contributed by atoms with Crippen molar-refractivity contribution < 1.29 is 24.5 Å². The predicted octanol–water partition coefficient (Wildman–Crippen LogP) is 4.01. The first-order valence-corrected chi connectivity index (χ1v) is 8.41. The van der Waals surface area contributed by atoms with E-state index in [0.717, 1.165) is 11.6 Å². The van der Waals surface area contributed by atoms with E-state index in [2.05, 4.69) is 5.32 Å². The van der Waals surface area contributed by atoms with Crippen LogP contribution in [0.4, 0.5) is 5.69 Å². The van der Waals surface area contributed by atoms with Gasteiger partial charge in [0.1, 0.15) is 17.1 Å². The minimum absolute atomic E-state index is 0.175. The van der Waals surface area contributed by atoms with Crippen molar-refractivity contribution in [3.05, 3.63) is 64.7 Å². The number of halogens is 1. The summed E-state index contributed by atoms with van der Waals surface area (Å²) in [4.78, 5) is 24.2. The van der Waals surface area contributed by atoms with Gasteiger partial charge in [-0.1, -0.05) is 41.9 Å². The number of hydrogen-bond donors (Lipinski definition) is 3. The van der Waals surface area contributed by atoms with Gasteiger partial charge in [0.15, 0.2) is 6.61 Å². The highest BCUT2D eigenvalue weighted by molar-refractivity contribution is 6.33. The zero-order valence-corrected chi connectivity index (χ0v) is 15.1. The molecular weight excluding hydrogens is 370 g/mol. The van der Waals surface area contributed by atoms with Gasteiger partial charge in [0.25, 0.3) is 5.91 Å². The van der Waals surface area contributed by atoms with Crippen LogP contribution in [0.5, 0.6) is 11.5 Å². The highest BCUT2D eigenvalue weighted by Crippen LogP contribution is 2.35. The number of anilines is 1. The molecule has 3 N–H and O–H groups in total. The van der Waals surface area contributed by atoms with E-state index in [9.17, 15) is 19.8 Å². The van der Waals surface area contributed by atoms with E-state index in [1.165, 1.54) is 0 Å². The van der Waals surface area contributed by atoms with E-state index in [0.29, 0.717) is 21.5 Å². The first-order valence-electron chi connectivity index (χ1n) is 8.03. The second kappa shape index (κ2) is 7.55. The first-order chi connectivity index (χ1) is 12.9.